The van der Waals surface area contributed by atoms with Gasteiger partial charge in [0.15, 0.2) is 5.12 Å². The van der Waals surface area contributed by atoms with Gasteiger partial charge in [-0.3, -0.25) is 14.4 Å². The molecule has 1 aliphatic heterocycles. The molecular weight excluding hydrogens is 258 g/mol. The minimum atomic E-state index is -0.731. The maximum Gasteiger partial charge on any atom is 0.336 e. The van der Waals surface area contributed by atoms with Gasteiger partial charge in [0.05, 0.1) is 5.92 Å². The van der Waals surface area contributed by atoms with Crippen LogP contribution in [-0.2, 0) is 23.9 Å². The zero-order valence-electron chi connectivity index (χ0n) is 10.2. The molecule has 1 saturated heterocycles. The Labute approximate surface area is 109 Å². The molecule has 0 aromatic rings. The van der Waals surface area contributed by atoms with Gasteiger partial charge in [-0.2, -0.15) is 0 Å². The van der Waals surface area contributed by atoms with Crippen LogP contribution in [0.4, 0.5) is 0 Å². The van der Waals surface area contributed by atoms with Crippen LogP contribution < -0.4 is 5.32 Å². The molecule has 18 heavy (non-hydrogen) atoms. The molecule has 1 unspecified atom stereocenters. The highest BCUT2D eigenvalue weighted by Crippen LogP contribution is 2.13. The number of hydrogen-bond acceptors (Lipinski definition) is 6. The Bertz CT molecular complexity index is 382. The van der Waals surface area contributed by atoms with Gasteiger partial charge in [0, 0.05) is 19.1 Å². The summed E-state index contributed by atoms with van der Waals surface area (Å²) >= 11 is 1.01. The van der Waals surface area contributed by atoms with Gasteiger partial charge in [0.1, 0.15) is 6.04 Å². The maximum atomic E-state index is 11.5. The van der Waals surface area contributed by atoms with E-state index in [-0.39, 0.29) is 23.2 Å². The van der Waals surface area contributed by atoms with Crippen molar-refractivity contribution >= 4 is 34.7 Å². The van der Waals surface area contributed by atoms with Crippen LogP contribution >= 0.6 is 11.8 Å². The van der Waals surface area contributed by atoms with Crippen molar-refractivity contribution in [1.29, 1.82) is 0 Å². The molecule has 1 N–H and O–H groups in total. The van der Waals surface area contributed by atoms with Crippen molar-refractivity contribution in [2.24, 2.45) is 5.92 Å². The van der Waals surface area contributed by atoms with Crippen LogP contribution in [0.5, 0.6) is 0 Å². The van der Waals surface area contributed by atoms with E-state index in [1.54, 1.807) is 6.92 Å². The Kier molecular flexibility index (Phi) is 5.33. The van der Waals surface area contributed by atoms with Crippen molar-refractivity contribution in [3.63, 3.8) is 0 Å². The lowest BCUT2D eigenvalue weighted by Gasteiger charge is -2.12. The largest absolute Gasteiger partial charge is 0.391 e. The third-order valence-electron chi connectivity index (χ3n) is 2.42. The first kappa shape index (κ1) is 14.7. The third-order valence-corrected chi connectivity index (χ3v) is 3.49. The van der Waals surface area contributed by atoms with Crippen molar-refractivity contribution in [2.45, 2.75) is 32.7 Å². The lowest BCUT2D eigenvalue weighted by atomic mass is 10.2. The first-order valence-corrected chi connectivity index (χ1v) is 6.57. The molecule has 0 aliphatic carbocycles. The molecule has 1 fully saturated rings. The van der Waals surface area contributed by atoms with Crippen LogP contribution in [-0.4, -0.2) is 34.8 Å². The highest BCUT2D eigenvalue weighted by molar-refractivity contribution is 8.13. The van der Waals surface area contributed by atoms with Crippen LogP contribution in [0.25, 0.3) is 0 Å². The smallest absolute Gasteiger partial charge is 0.336 e. The third kappa shape index (κ3) is 4.48. The fraction of sp³-hybridized carbons (Fsp3) is 0.636. The SMILES string of the molecule is CC(=O)SCC(C)C(=O)OC(=O)[C@@H]1CCC(=O)N1. The van der Waals surface area contributed by atoms with Crippen LogP contribution in [0.2, 0.25) is 0 Å². The molecule has 0 aromatic heterocycles. The van der Waals surface area contributed by atoms with Crippen molar-refractivity contribution in [3.05, 3.63) is 0 Å². The average molecular weight is 273 g/mol. The summed E-state index contributed by atoms with van der Waals surface area (Å²) in [5, 5.41) is 2.33. The summed E-state index contributed by atoms with van der Waals surface area (Å²) in [5.41, 5.74) is 0. The van der Waals surface area contributed by atoms with Crippen molar-refractivity contribution in [2.75, 3.05) is 5.75 Å². The minimum absolute atomic E-state index is 0.0935. The van der Waals surface area contributed by atoms with E-state index in [4.69, 9.17) is 0 Å². The van der Waals surface area contributed by atoms with Gasteiger partial charge in [0.2, 0.25) is 5.91 Å². The van der Waals surface area contributed by atoms with E-state index >= 15 is 0 Å². The topological polar surface area (TPSA) is 89.5 Å². The number of nitrogens with one attached hydrogen (secondary N) is 1. The van der Waals surface area contributed by atoms with Crippen molar-refractivity contribution in [3.8, 4) is 0 Å². The Hall–Kier alpha value is -1.37. The van der Waals surface area contributed by atoms with E-state index in [0.717, 1.165) is 11.8 Å². The first-order chi connectivity index (χ1) is 8.40. The molecule has 100 valence electrons. The van der Waals surface area contributed by atoms with E-state index < -0.39 is 23.9 Å². The molecule has 1 rings (SSSR count). The molecule has 0 spiro atoms. The molecule has 1 heterocycles. The van der Waals surface area contributed by atoms with Gasteiger partial charge in [0.25, 0.3) is 0 Å². The quantitative estimate of drug-likeness (QED) is 0.583. The molecule has 0 aromatic carbocycles. The second kappa shape index (κ2) is 6.53. The minimum Gasteiger partial charge on any atom is -0.391 e. The zero-order chi connectivity index (χ0) is 13.7. The Morgan fingerprint density at radius 2 is 2.17 bits per heavy atom. The van der Waals surface area contributed by atoms with Gasteiger partial charge in [-0.05, 0) is 6.42 Å². The number of esters is 2. The van der Waals surface area contributed by atoms with Crippen molar-refractivity contribution < 1.29 is 23.9 Å². The summed E-state index contributed by atoms with van der Waals surface area (Å²) in [6.07, 6.45) is 0.616. The standard InChI is InChI=1S/C11H15NO5S/c1-6(5-18-7(2)13)10(15)17-11(16)8-3-4-9(14)12-8/h6,8H,3-5H2,1-2H3,(H,12,14)/t6?,8-/m0/s1. The van der Waals surface area contributed by atoms with E-state index in [0.29, 0.717) is 6.42 Å². The number of ether oxygens (including phenoxy) is 1. The monoisotopic (exact) mass is 273 g/mol. The highest BCUT2D eigenvalue weighted by atomic mass is 32.2. The van der Waals surface area contributed by atoms with Gasteiger partial charge < -0.3 is 10.1 Å². The maximum absolute atomic E-state index is 11.5. The number of rotatable bonds is 4. The number of thioether (sulfide) groups is 1. The number of hydrogen-bond donors (Lipinski definition) is 1. The van der Waals surface area contributed by atoms with Crippen molar-refractivity contribution in [1.82, 2.24) is 5.32 Å². The van der Waals surface area contributed by atoms with E-state index in [1.165, 1.54) is 6.92 Å². The Balaban J connectivity index is 2.37. The van der Waals surface area contributed by atoms with E-state index in [1.807, 2.05) is 0 Å². The second-order valence-corrected chi connectivity index (χ2v) is 5.30. The Morgan fingerprint density at radius 3 is 2.67 bits per heavy atom. The van der Waals surface area contributed by atoms with Crippen LogP contribution in [0.1, 0.15) is 26.7 Å². The fourth-order valence-corrected chi connectivity index (χ4v) is 1.99. The number of carbonyl (C=O) groups is 4. The van der Waals surface area contributed by atoms with Gasteiger partial charge >= 0.3 is 11.9 Å². The van der Waals surface area contributed by atoms with Crippen LogP contribution in [0.3, 0.4) is 0 Å². The average Bonchev–Trinajstić information content (AvgIpc) is 2.72. The summed E-state index contributed by atoms with van der Waals surface area (Å²) in [5.74, 6) is -1.89. The number of carbonyl (C=O) groups excluding carboxylic acids is 4. The second-order valence-electron chi connectivity index (χ2n) is 4.10. The van der Waals surface area contributed by atoms with Gasteiger partial charge in [-0.25, -0.2) is 4.79 Å². The molecule has 6 nitrogen and oxygen atoms in total. The summed E-state index contributed by atoms with van der Waals surface area (Å²) in [6, 6.07) is -0.728. The molecule has 0 bridgehead atoms. The predicted molar refractivity (Wildman–Crippen MR) is 64.6 cm³/mol. The van der Waals surface area contributed by atoms with E-state index in [9.17, 15) is 19.2 Å². The molecule has 1 amide bonds. The fourth-order valence-electron chi connectivity index (χ4n) is 1.37. The zero-order valence-corrected chi connectivity index (χ0v) is 11.0. The normalized spacial score (nSPS) is 20.1. The number of amides is 1. The summed E-state index contributed by atoms with van der Waals surface area (Å²) < 4.78 is 4.66. The first-order valence-electron chi connectivity index (χ1n) is 5.58. The van der Waals surface area contributed by atoms with E-state index in [2.05, 4.69) is 10.1 Å². The molecule has 0 radical (unpaired) electrons. The molecule has 2 atom stereocenters. The van der Waals surface area contributed by atoms with Gasteiger partial charge in [-0.1, -0.05) is 18.7 Å². The molecule has 1 aliphatic rings. The highest BCUT2D eigenvalue weighted by Gasteiger charge is 2.31. The Morgan fingerprint density at radius 1 is 1.50 bits per heavy atom. The molecular formula is C11H15NO5S. The molecule has 0 saturated carbocycles. The summed E-state index contributed by atoms with van der Waals surface area (Å²) in [4.78, 5) is 44.7. The molecule has 7 heteroatoms. The van der Waals surface area contributed by atoms with Crippen LogP contribution in [0.15, 0.2) is 0 Å². The lowest BCUT2D eigenvalue weighted by molar-refractivity contribution is -0.163. The predicted octanol–water partition coefficient (Wildman–Crippen LogP) is 0.251. The lowest BCUT2D eigenvalue weighted by Crippen LogP contribution is -2.36. The van der Waals surface area contributed by atoms with Gasteiger partial charge in [-0.15, -0.1) is 0 Å². The van der Waals surface area contributed by atoms with Crippen LogP contribution in [0, 0.1) is 5.92 Å². The summed E-state index contributed by atoms with van der Waals surface area (Å²) in [7, 11) is 0. The summed E-state index contributed by atoms with van der Waals surface area (Å²) in [6.45, 7) is 2.99.